The van der Waals surface area contributed by atoms with Crippen molar-refractivity contribution in [3.63, 3.8) is 0 Å². The van der Waals surface area contributed by atoms with E-state index in [9.17, 15) is 9.18 Å². The quantitative estimate of drug-likeness (QED) is 0.346. The molecule has 1 aliphatic heterocycles. The van der Waals surface area contributed by atoms with E-state index in [2.05, 4.69) is 25.5 Å². The van der Waals surface area contributed by atoms with E-state index in [-0.39, 0.29) is 5.92 Å². The number of nitrogens with two attached hydrogens (primary N) is 1. The van der Waals surface area contributed by atoms with Crippen LogP contribution in [0, 0.1) is 11.7 Å². The number of amides is 1. The van der Waals surface area contributed by atoms with Crippen LogP contribution in [-0.4, -0.2) is 45.3 Å². The van der Waals surface area contributed by atoms with Crippen molar-refractivity contribution in [2.45, 2.75) is 25.4 Å². The lowest BCUT2D eigenvalue weighted by molar-refractivity contribution is -0.125. The van der Waals surface area contributed by atoms with Gasteiger partial charge in [0.05, 0.1) is 34.5 Å². The average Bonchev–Trinajstić information content (AvgIpc) is 3.35. The molecular weight excluding hydrogens is 439 g/mol. The molecule has 1 fully saturated rings. The number of nitrogens with zero attached hydrogens (tertiary/aromatic N) is 2. The topological polar surface area (TPSA) is 131 Å². The first kappa shape index (κ1) is 20.5. The first-order valence-electron chi connectivity index (χ1n) is 11.3. The Morgan fingerprint density at radius 1 is 1.26 bits per heavy atom. The minimum Gasteiger partial charge on any atom is -0.493 e. The highest BCUT2D eigenvalue weighted by Crippen LogP contribution is 2.44. The van der Waals surface area contributed by atoms with E-state index in [4.69, 9.17) is 15.2 Å². The number of ether oxygens (including phenoxy) is 2. The Labute approximate surface area is 193 Å². The van der Waals surface area contributed by atoms with Gasteiger partial charge in [-0.15, -0.1) is 0 Å². The van der Waals surface area contributed by atoms with Crippen molar-refractivity contribution in [1.29, 1.82) is 0 Å². The van der Waals surface area contributed by atoms with Crippen LogP contribution in [0.5, 0.6) is 11.5 Å². The molecule has 0 saturated heterocycles. The van der Waals surface area contributed by atoms with Crippen LogP contribution < -0.4 is 20.5 Å². The Bertz CT molecular complexity index is 1380. The fourth-order valence-corrected chi connectivity index (χ4v) is 4.44. The van der Waals surface area contributed by atoms with Crippen LogP contribution in [0.4, 0.5) is 10.1 Å². The monoisotopic (exact) mass is 462 g/mol. The molecule has 10 heteroatoms. The van der Waals surface area contributed by atoms with Crippen molar-refractivity contribution < 1.29 is 18.7 Å². The number of nitrogens with one attached hydrogen (secondary N) is 3. The third-order valence-electron chi connectivity index (χ3n) is 6.24. The third kappa shape index (κ3) is 3.60. The number of primary amides is 1. The number of aromatic amines is 2. The molecule has 1 amide bonds. The summed E-state index contributed by atoms with van der Waals surface area (Å²) >= 11 is 0. The SMILES string of the molecule is NC(=O)[C@H](Oc1cc2c3c(c(-c4ccc(-c5ncn[nH]5)c(F)c4)[nH]c3c1)NCCCO2)C1CC1. The summed E-state index contributed by atoms with van der Waals surface area (Å²) in [4.78, 5) is 19.3. The molecule has 3 heterocycles. The maximum atomic E-state index is 15.0. The van der Waals surface area contributed by atoms with Gasteiger partial charge >= 0.3 is 0 Å². The molecule has 174 valence electrons. The number of H-pyrrole nitrogens is 2. The van der Waals surface area contributed by atoms with Gasteiger partial charge in [-0.05, 0) is 31.4 Å². The first-order chi connectivity index (χ1) is 16.6. The van der Waals surface area contributed by atoms with E-state index in [1.54, 1.807) is 12.1 Å². The first-order valence-corrected chi connectivity index (χ1v) is 11.3. The minimum absolute atomic E-state index is 0.152. The molecule has 1 saturated carbocycles. The molecule has 1 aliphatic carbocycles. The number of hydrogen-bond donors (Lipinski definition) is 4. The Kier molecular flexibility index (Phi) is 4.86. The molecule has 0 bridgehead atoms. The van der Waals surface area contributed by atoms with Gasteiger partial charge in [0.25, 0.3) is 5.91 Å². The standard InChI is InChI=1S/C24H23FN6O3/c25-16-8-13(4-5-15(16)24-28-11-29-31-24)20-21-19-17(30-20)9-14(10-18(19)33-7-1-6-27-21)34-22(23(26)32)12-2-3-12/h4-5,8-12,22,27,30H,1-3,6-7H2,(H2,26,32)(H,28,29,31)/t22-/m1/s1. The maximum absolute atomic E-state index is 15.0. The number of benzene rings is 2. The largest absolute Gasteiger partial charge is 0.493 e. The van der Waals surface area contributed by atoms with E-state index >= 15 is 0 Å². The number of halogens is 1. The highest BCUT2D eigenvalue weighted by Gasteiger charge is 2.37. The fourth-order valence-electron chi connectivity index (χ4n) is 4.44. The molecule has 6 rings (SSSR count). The molecule has 2 aromatic heterocycles. The van der Waals surface area contributed by atoms with E-state index in [0.29, 0.717) is 41.6 Å². The van der Waals surface area contributed by atoms with E-state index in [0.717, 1.165) is 41.5 Å². The molecule has 1 atom stereocenters. The van der Waals surface area contributed by atoms with Crippen LogP contribution in [0.2, 0.25) is 0 Å². The molecule has 34 heavy (non-hydrogen) atoms. The van der Waals surface area contributed by atoms with E-state index < -0.39 is 17.8 Å². The summed E-state index contributed by atoms with van der Waals surface area (Å²) in [6, 6.07) is 8.59. The summed E-state index contributed by atoms with van der Waals surface area (Å²) in [7, 11) is 0. The van der Waals surface area contributed by atoms with Gasteiger partial charge in [-0.25, -0.2) is 9.37 Å². The maximum Gasteiger partial charge on any atom is 0.258 e. The van der Waals surface area contributed by atoms with Crippen molar-refractivity contribution in [3.8, 4) is 34.1 Å². The second-order valence-corrected chi connectivity index (χ2v) is 8.65. The summed E-state index contributed by atoms with van der Waals surface area (Å²) in [5.74, 6) is 0.771. The van der Waals surface area contributed by atoms with Gasteiger partial charge in [0.15, 0.2) is 11.9 Å². The average molecular weight is 462 g/mol. The van der Waals surface area contributed by atoms with Crippen molar-refractivity contribution in [1.82, 2.24) is 20.2 Å². The molecule has 2 aromatic carbocycles. The lowest BCUT2D eigenvalue weighted by Gasteiger charge is -2.19. The van der Waals surface area contributed by atoms with Crippen LogP contribution in [0.25, 0.3) is 33.5 Å². The van der Waals surface area contributed by atoms with Crippen LogP contribution in [0.15, 0.2) is 36.7 Å². The highest BCUT2D eigenvalue weighted by molar-refractivity contribution is 6.05. The normalized spacial score (nSPS) is 16.3. The molecule has 0 unspecified atom stereocenters. The zero-order valence-corrected chi connectivity index (χ0v) is 18.2. The Balaban J connectivity index is 1.45. The Morgan fingerprint density at radius 2 is 2.15 bits per heavy atom. The third-order valence-corrected chi connectivity index (χ3v) is 6.24. The summed E-state index contributed by atoms with van der Waals surface area (Å²) in [6.07, 6.45) is 3.32. The summed E-state index contributed by atoms with van der Waals surface area (Å²) < 4.78 is 27.0. The number of hydrogen-bond acceptors (Lipinski definition) is 6. The van der Waals surface area contributed by atoms with Gasteiger partial charge in [0.2, 0.25) is 0 Å². The van der Waals surface area contributed by atoms with Crippen LogP contribution in [0.3, 0.4) is 0 Å². The molecule has 9 nitrogen and oxygen atoms in total. The van der Waals surface area contributed by atoms with Crippen molar-refractivity contribution >= 4 is 22.5 Å². The summed E-state index contributed by atoms with van der Waals surface area (Å²) in [6.45, 7) is 1.25. The number of carbonyl (C=O) groups excluding carboxylic acids is 1. The molecule has 0 radical (unpaired) electrons. The van der Waals surface area contributed by atoms with Gasteiger partial charge in [-0.1, -0.05) is 6.07 Å². The number of anilines is 1. The molecule has 4 aromatic rings. The lowest BCUT2D eigenvalue weighted by atomic mass is 10.1. The molecule has 0 spiro atoms. The number of aromatic nitrogens is 4. The van der Waals surface area contributed by atoms with Gasteiger partial charge in [-0.2, -0.15) is 5.10 Å². The van der Waals surface area contributed by atoms with Crippen LogP contribution in [-0.2, 0) is 4.79 Å². The number of rotatable bonds is 6. The second-order valence-electron chi connectivity index (χ2n) is 8.65. The molecular formula is C24H23FN6O3. The van der Waals surface area contributed by atoms with Gasteiger partial charge < -0.3 is 25.5 Å². The molecule has 2 aliphatic rings. The van der Waals surface area contributed by atoms with Crippen LogP contribution >= 0.6 is 0 Å². The zero-order chi connectivity index (χ0) is 23.2. The summed E-state index contributed by atoms with van der Waals surface area (Å²) in [5.41, 5.74) is 8.90. The predicted octanol–water partition coefficient (Wildman–Crippen LogP) is 3.60. The Hall–Kier alpha value is -4.08. The van der Waals surface area contributed by atoms with Gasteiger partial charge in [-0.3, -0.25) is 9.89 Å². The van der Waals surface area contributed by atoms with Gasteiger partial charge in [0.1, 0.15) is 23.6 Å². The van der Waals surface area contributed by atoms with Crippen molar-refractivity contribution in [2.75, 3.05) is 18.5 Å². The van der Waals surface area contributed by atoms with Crippen molar-refractivity contribution in [3.05, 3.63) is 42.5 Å². The van der Waals surface area contributed by atoms with E-state index in [1.807, 2.05) is 12.1 Å². The zero-order valence-electron chi connectivity index (χ0n) is 18.2. The van der Waals surface area contributed by atoms with Crippen LogP contribution in [0.1, 0.15) is 19.3 Å². The second kappa shape index (κ2) is 8.05. The minimum atomic E-state index is -0.664. The van der Waals surface area contributed by atoms with Gasteiger partial charge in [0, 0.05) is 30.2 Å². The fraction of sp³-hybridized carbons (Fsp3) is 0.292. The lowest BCUT2D eigenvalue weighted by Crippen LogP contribution is -2.35. The van der Waals surface area contributed by atoms with E-state index in [1.165, 1.54) is 12.4 Å². The highest BCUT2D eigenvalue weighted by atomic mass is 19.1. The predicted molar refractivity (Wildman–Crippen MR) is 124 cm³/mol. The summed E-state index contributed by atoms with van der Waals surface area (Å²) in [5, 5.41) is 10.8. The smallest absolute Gasteiger partial charge is 0.258 e. The molecule has 5 N–H and O–H groups in total. The Morgan fingerprint density at radius 3 is 2.88 bits per heavy atom. The van der Waals surface area contributed by atoms with Crippen molar-refractivity contribution in [2.24, 2.45) is 11.7 Å². The number of carbonyl (C=O) groups is 1.